The molecular formula is C14H18ClFN2S. The third-order valence-electron chi connectivity index (χ3n) is 3.07. The van der Waals surface area contributed by atoms with E-state index >= 15 is 0 Å². The molecule has 0 amide bonds. The summed E-state index contributed by atoms with van der Waals surface area (Å²) < 4.78 is 13.7. The van der Waals surface area contributed by atoms with Gasteiger partial charge >= 0.3 is 0 Å². The van der Waals surface area contributed by atoms with Crippen molar-refractivity contribution in [2.45, 2.75) is 33.2 Å². The molecule has 1 aliphatic heterocycles. The van der Waals surface area contributed by atoms with E-state index in [1.165, 1.54) is 12.1 Å². The molecule has 1 N–H and O–H groups in total. The van der Waals surface area contributed by atoms with E-state index in [1.807, 2.05) is 0 Å². The van der Waals surface area contributed by atoms with Crippen molar-refractivity contribution in [3.05, 3.63) is 29.0 Å². The van der Waals surface area contributed by atoms with Crippen LogP contribution in [0, 0.1) is 11.2 Å². The summed E-state index contributed by atoms with van der Waals surface area (Å²) >= 11 is 7.50. The smallest absolute Gasteiger partial charge is 0.161 e. The van der Waals surface area contributed by atoms with E-state index in [-0.39, 0.29) is 17.3 Å². The molecule has 0 spiro atoms. The van der Waals surface area contributed by atoms with Crippen LogP contribution in [0.5, 0.6) is 0 Å². The normalized spacial score (nSPS) is 20.1. The number of rotatable bonds is 1. The van der Waals surface area contributed by atoms with Crippen LogP contribution in [-0.2, 0) is 0 Å². The highest BCUT2D eigenvalue weighted by Crippen LogP contribution is 2.31. The molecule has 1 heterocycles. The zero-order valence-electron chi connectivity index (χ0n) is 11.3. The van der Waals surface area contributed by atoms with Crippen molar-refractivity contribution in [2.75, 3.05) is 11.1 Å². The number of thioether (sulfide) groups is 1. The number of anilines is 1. The Bertz CT molecular complexity index is 497. The summed E-state index contributed by atoms with van der Waals surface area (Å²) in [6.45, 7) is 6.53. The Morgan fingerprint density at radius 1 is 1.42 bits per heavy atom. The van der Waals surface area contributed by atoms with Gasteiger partial charge in [-0.05, 0) is 30.0 Å². The third kappa shape index (κ3) is 3.86. The van der Waals surface area contributed by atoms with Gasteiger partial charge < -0.3 is 5.32 Å². The highest BCUT2D eigenvalue weighted by molar-refractivity contribution is 8.14. The minimum absolute atomic E-state index is 0.126. The number of nitrogens with one attached hydrogen (secondary N) is 1. The lowest BCUT2D eigenvalue weighted by atomic mass is 9.85. The largest absolute Gasteiger partial charge is 0.333 e. The average molecular weight is 301 g/mol. The van der Waals surface area contributed by atoms with E-state index in [4.69, 9.17) is 11.6 Å². The van der Waals surface area contributed by atoms with E-state index in [0.29, 0.717) is 10.7 Å². The third-order valence-corrected chi connectivity index (χ3v) is 4.23. The highest BCUT2D eigenvalue weighted by Gasteiger charge is 2.27. The number of aliphatic imine (C=N–C) groups is 1. The Morgan fingerprint density at radius 3 is 2.84 bits per heavy atom. The number of benzene rings is 1. The second-order valence-corrected chi connectivity index (χ2v) is 7.22. The van der Waals surface area contributed by atoms with Crippen LogP contribution in [0.15, 0.2) is 23.2 Å². The fourth-order valence-corrected chi connectivity index (χ4v) is 3.00. The lowest BCUT2D eigenvalue weighted by Crippen LogP contribution is -2.30. The Hall–Kier alpha value is -0.740. The monoisotopic (exact) mass is 300 g/mol. The van der Waals surface area contributed by atoms with Gasteiger partial charge in [0.15, 0.2) is 5.17 Å². The van der Waals surface area contributed by atoms with Gasteiger partial charge in [0.2, 0.25) is 0 Å². The summed E-state index contributed by atoms with van der Waals surface area (Å²) in [7, 11) is 0. The molecule has 1 aromatic rings. The van der Waals surface area contributed by atoms with Crippen molar-refractivity contribution in [1.82, 2.24) is 0 Å². The molecule has 104 valence electrons. The van der Waals surface area contributed by atoms with Gasteiger partial charge in [0.25, 0.3) is 0 Å². The van der Waals surface area contributed by atoms with Crippen LogP contribution in [0.2, 0.25) is 5.02 Å². The molecule has 0 saturated heterocycles. The first kappa shape index (κ1) is 14.7. The molecule has 0 fully saturated rings. The zero-order valence-corrected chi connectivity index (χ0v) is 12.9. The van der Waals surface area contributed by atoms with Crippen molar-refractivity contribution >= 4 is 34.2 Å². The molecule has 1 aliphatic rings. The summed E-state index contributed by atoms with van der Waals surface area (Å²) in [4.78, 5) is 4.68. The molecule has 0 aromatic heterocycles. The molecule has 2 nitrogen and oxygen atoms in total. The Morgan fingerprint density at radius 2 is 2.16 bits per heavy atom. The lowest BCUT2D eigenvalue weighted by molar-refractivity contribution is 0.316. The maximum absolute atomic E-state index is 13.7. The topological polar surface area (TPSA) is 24.4 Å². The van der Waals surface area contributed by atoms with Gasteiger partial charge in [-0.25, -0.2) is 4.39 Å². The first-order chi connectivity index (χ1) is 8.86. The number of amidine groups is 1. The molecule has 1 unspecified atom stereocenters. The summed E-state index contributed by atoms with van der Waals surface area (Å²) in [5, 5.41) is 4.33. The minimum atomic E-state index is -0.314. The van der Waals surface area contributed by atoms with Gasteiger partial charge in [-0.1, -0.05) is 44.1 Å². The second kappa shape index (κ2) is 5.71. The predicted octanol–water partition coefficient (Wildman–Crippen LogP) is 4.80. The van der Waals surface area contributed by atoms with Gasteiger partial charge in [-0.15, -0.1) is 0 Å². The van der Waals surface area contributed by atoms with Gasteiger partial charge in [-0.3, -0.25) is 4.99 Å². The van der Waals surface area contributed by atoms with Crippen molar-refractivity contribution in [3.63, 3.8) is 0 Å². The van der Waals surface area contributed by atoms with Crippen LogP contribution in [0.4, 0.5) is 10.1 Å². The SMILES string of the molecule is CC(C)(C)C1CCSC(Nc2cc(Cl)ccc2F)=N1. The Balaban J connectivity index is 2.18. The van der Waals surface area contributed by atoms with Crippen molar-refractivity contribution < 1.29 is 4.39 Å². The standard InChI is InChI=1S/C14H18ClFN2S/c1-14(2,3)12-6-7-19-13(18-12)17-11-8-9(15)4-5-10(11)16/h4-5,8,12H,6-7H2,1-3H3,(H,17,18). The Labute approximate surface area is 122 Å². The molecule has 2 rings (SSSR count). The summed E-state index contributed by atoms with van der Waals surface area (Å²) in [5.41, 5.74) is 0.508. The van der Waals surface area contributed by atoms with E-state index < -0.39 is 0 Å². The summed E-state index contributed by atoms with van der Waals surface area (Å²) in [6, 6.07) is 4.75. The maximum Gasteiger partial charge on any atom is 0.161 e. The molecule has 0 saturated carbocycles. The highest BCUT2D eigenvalue weighted by atomic mass is 35.5. The number of nitrogens with zero attached hydrogens (tertiary/aromatic N) is 1. The van der Waals surface area contributed by atoms with Crippen LogP contribution < -0.4 is 5.32 Å². The van der Waals surface area contributed by atoms with Gasteiger partial charge in [-0.2, -0.15) is 0 Å². The van der Waals surface area contributed by atoms with Crippen LogP contribution in [0.1, 0.15) is 27.2 Å². The van der Waals surface area contributed by atoms with Crippen LogP contribution in [0.3, 0.4) is 0 Å². The first-order valence-corrected chi connectivity index (χ1v) is 7.65. The first-order valence-electron chi connectivity index (χ1n) is 6.29. The van der Waals surface area contributed by atoms with E-state index in [2.05, 4.69) is 31.1 Å². The number of hydrogen-bond donors (Lipinski definition) is 1. The van der Waals surface area contributed by atoms with Gasteiger partial charge in [0.1, 0.15) is 5.82 Å². The molecule has 0 bridgehead atoms. The van der Waals surface area contributed by atoms with E-state index in [0.717, 1.165) is 17.3 Å². The molecule has 0 aliphatic carbocycles. The van der Waals surface area contributed by atoms with Crippen molar-refractivity contribution in [2.24, 2.45) is 10.4 Å². The summed E-state index contributed by atoms with van der Waals surface area (Å²) in [5.74, 6) is 0.682. The van der Waals surface area contributed by atoms with Crippen LogP contribution in [0.25, 0.3) is 0 Å². The quantitative estimate of drug-likeness (QED) is 0.805. The van der Waals surface area contributed by atoms with Crippen LogP contribution in [-0.4, -0.2) is 17.0 Å². The zero-order chi connectivity index (χ0) is 14.0. The summed E-state index contributed by atoms with van der Waals surface area (Å²) in [6.07, 6.45) is 1.05. The fraction of sp³-hybridized carbons (Fsp3) is 0.500. The molecular weight excluding hydrogens is 283 g/mol. The molecule has 1 atom stereocenters. The molecule has 0 radical (unpaired) electrons. The van der Waals surface area contributed by atoms with Crippen molar-refractivity contribution in [3.8, 4) is 0 Å². The molecule has 19 heavy (non-hydrogen) atoms. The second-order valence-electron chi connectivity index (χ2n) is 5.70. The number of halogens is 2. The van der Waals surface area contributed by atoms with Gasteiger partial charge in [0.05, 0.1) is 11.7 Å². The molecule has 1 aromatic carbocycles. The lowest BCUT2D eigenvalue weighted by Gasteiger charge is -2.31. The Kier molecular flexibility index (Phi) is 4.41. The van der Waals surface area contributed by atoms with Crippen LogP contribution >= 0.6 is 23.4 Å². The maximum atomic E-state index is 13.7. The molecule has 5 heteroatoms. The predicted molar refractivity (Wildman–Crippen MR) is 82.8 cm³/mol. The minimum Gasteiger partial charge on any atom is -0.333 e. The van der Waals surface area contributed by atoms with E-state index in [9.17, 15) is 4.39 Å². The number of hydrogen-bond acceptors (Lipinski definition) is 3. The average Bonchev–Trinajstić information content (AvgIpc) is 2.33. The fourth-order valence-electron chi connectivity index (χ4n) is 1.91. The van der Waals surface area contributed by atoms with Crippen molar-refractivity contribution in [1.29, 1.82) is 0 Å². The van der Waals surface area contributed by atoms with Gasteiger partial charge in [0, 0.05) is 10.8 Å². The van der Waals surface area contributed by atoms with E-state index in [1.54, 1.807) is 17.8 Å².